The predicted octanol–water partition coefficient (Wildman–Crippen LogP) is 3.50. The van der Waals surface area contributed by atoms with Crippen LogP contribution in [0.25, 0.3) is 0 Å². The van der Waals surface area contributed by atoms with Gasteiger partial charge in [-0.3, -0.25) is 48.5 Å². The number of carboxylic acids is 1. The fourth-order valence-electron chi connectivity index (χ4n) is 8.49. The number of benzene rings is 3. The largest absolute Gasteiger partial charge is 0.504 e. The molecule has 7 amide bonds. The third-order valence-electron chi connectivity index (χ3n) is 12.6. The maximum absolute atomic E-state index is 13.6. The van der Waals surface area contributed by atoms with Crippen LogP contribution in [0, 0.1) is 0 Å². The quantitative estimate of drug-likeness (QED) is 0.0156. The number of allylic oxidation sites excluding steroid dienone is 1. The molecule has 0 aliphatic carbocycles. The van der Waals surface area contributed by atoms with Crippen LogP contribution in [0.3, 0.4) is 0 Å². The van der Waals surface area contributed by atoms with E-state index in [0.29, 0.717) is 55.6 Å². The number of fused-ring (bicyclic) bond motifs is 1. The Bertz CT molecular complexity index is 2580. The Labute approximate surface area is 431 Å². The molecule has 2 aliphatic heterocycles. The van der Waals surface area contributed by atoms with Crippen LogP contribution in [-0.4, -0.2) is 150 Å². The maximum Gasteiger partial charge on any atom is 0.353 e. The molecule has 22 nitrogen and oxygen atoms in total. The highest BCUT2D eigenvalue weighted by Crippen LogP contribution is 2.38. The minimum absolute atomic E-state index is 0.0455. The average molecular weight is 1050 g/mol. The number of hydrogen-bond acceptors (Lipinski definition) is 14. The van der Waals surface area contributed by atoms with Gasteiger partial charge in [-0.15, -0.1) is 0 Å². The van der Waals surface area contributed by atoms with Crippen molar-refractivity contribution in [2.75, 3.05) is 39.3 Å². The molecule has 0 unspecified atom stereocenters. The van der Waals surface area contributed by atoms with Crippen molar-refractivity contribution in [2.45, 2.75) is 101 Å². The fourth-order valence-corrected chi connectivity index (χ4v) is 8.77. The second-order valence-electron chi connectivity index (χ2n) is 17.8. The number of nitrogens with one attached hydrogen (secondary N) is 4. The fraction of sp³-hybridized carbons (Fsp3) is 0.431. The number of hydroxylamine groups is 2. The van der Waals surface area contributed by atoms with E-state index in [1.54, 1.807) is 30.3 Å². The highest BCUT2D eigenvalue weighted by molar-refractivity contribution is 6.32. The molecule has 2 heterocycles. The zero-order chi connectivity index (χ0) is 53.9. The molecule has 74 heavy (non-hydrogen) atoms. The van der Waals surface area contributed by atoms with E-state index in [1.165, 1.54) is 41.3 Å². The minimum Gasteiger partial charge on any atom is -0.504 e. The van der Waals surface area contributed by atoms with Gasteiger partial charge in [-0.2, -0.15) is 0 Å². The lowest BCUT2D eigenvalue weighted by Gasteiger charge is -2.49. The normalized spacial score (nSPS) is 15.2. The number of Topliss-reactive ketones (excluding diaryl/α,β-unsaturated/α-hetero) is 1. The Balaban J connectivity index is 0.989. The van der Waals surface area contributed by atoms with Crippen LogP contribution in [0.2, 0.25) is 0 Å². The molecule has 10 N–H and O–H groups in total. The monoisotopic (exact) mass is 1050 g/mol. The highest BCUT2D eigenvalue weighted by Gasteiger charge is 2.53. The number of aromatic hydroxyl groups is 4. The number of amides is 7. The predicted molar refractivity (Wildman–Crippen MR) is 265 cm³/mol. The van der Waals surface area contributed by atoms with Gasteiger partial charge in [0.2, 0.25) is 23.6 Å². The summed E-state index contributed by atoms with van der Waals surface area (Å²) in [4.78, 5) is 118. The first-order valence-electron chi connectivity index (χ1n) is 24.3. The van der Waals surface area contributed by atoms with Crippen molar-refractivity contribution in [3.8, 4) is 23.0 Å². The molecule has 3 atom stereocenters. The second kappa shape index (κ2) is 27.9. The van der Waals surface area contributed by atoms with E-state index in [-0.39, 0.29) is 111 Å². The maximum atomic E-state index is 13.6. The topological polar surface area (TPSA) is 333 Å². The lowest BCUT2D eigenvalue weighted by atomic mass is 9.85. The smallest absolute Gasteiger partial charge is 0.353 e. The summed E-state index contributed by atoms with van der Waals surface area (Å²) in [7, 11) is 0. The number of carbonyl (C=O) groups is 9. The first-order valence-corrected chi connectivity index (χ1v) is 24.7. The summed E-state index contributed by atoms with van der Waals surface area (Å²) in [5.41, 5.74) is -0.0404. The molecular formula is C51H62ClN7O15. The summed E-state index contributed by atoms with van der Waals surface area (Å²) in [5, 5.41) is 70.7. The number of unbranched alkanes of at least 4 members (excludes halogenated alkanes) is 3. The Morgan fingerprint density at radius 1 is 0.662 bits per heavy atom. The van der Waals surface area contributed by atoms with E-state index in [4.69, 9.17) is 11.6 Å². The van der Waals surface area contributed by atoms with Crippen molar-refractivity contribution < 1.29 is 73.9 Å². The van der Waals surface area contributed by atoms with E-state index in [9.17, 15) is 73.9 Å². The first kappa shape index (κ1) is 57.2. The van der Waals surface area contributed by atoms with Gasteiger partial charge in [0, 0.05) is 76.4 Å². The average Bonchev–Trinajstić information content (AvgIpc) is 3.38. The van der Waals surface area contributed by atoms with Gasteiger partial charge < -0.3 is 51.7 Å². The van der Waals surface area contributed by atoms with Gasteiger partial charge >= 0.3 is 5.97 Å². The molecule has 0 spiro atoms. The molecule has 1 saturated heterocycles. The molecule has 0 aromatic heterocycles. The SMILES string of the molecule is O=C(CCC(=O)N(O)CCCCCNC(=O)CCC(=O)N(CCCCNC(=O)c1cccc(O)c1O)CCCNC(=O)c1cccc(O)c1O)C[C@@H](C(=O)N[C@@H]1C(=O)N2C(C(=O)O)=C(Cl)CC[C@H]12)c1ccccc1. The van der Waals surface area contributed by atoms with Crippen LogP contribution >= 0.6 is 11.6 Å². The van der Waals surface area contributed by atoms with Gasteiger partial charge in [0.1, 0.15) is 17.5 Å². The summed E-state index contributed by atoms with van der Waals surface area (Å²) in [6, 6.07) is 14.8. The Morgan fingerprint density at radius 3 is 1.86 bits per heavy atom. The van der Waals surface area contributed by atoms with Gasteiger partial charge in [-0.1, -0.05) is 54.1 Å². The van der Waals surface area contributed by atoms with Crippen molar-refractivity contribution in [1.29, 1.82) is 0 Å². The van der Waals surface area contributed by atoms with Gasteiger partial charge in [-0.05, 0) is 81.2 Å². The van der Waals surface area contributed by atoms with Crippen molar-refractivity contribution in [2.24, 2.45) is 0 Å². The van der Waals surface area contributed by atoms with E-state index in [1.807, 2.05) is 0 Å². The van der Waals surface area contributed by atoms with Gasteiger partial charge in [-0.25, -0.2) is 9.86 Å². The van der Waals surface area contributed by atoms with Gasteiger partial charge in [0.25, 0.3) is 17.7 Å². The lowest BCUT2D eigenvalue weighted by molar-refractivity contribution is -0.166. The molecule has 0 radical (unpaired) electrons. The number of para-hydroxylation sites is 2. The number of ketones is 1. The number of phenolic OH excluding ortho intramolecular Hbond substituents is 4. The summed E-state index contributed by atoms with van der Waals surface area (Å²) >= 11 is 6.08. The summed E-state index contributed by atoms with van der Waals surface area (Å²) in [5.74, 6) is -8.69. The number of carbonyl (C=O) groups excluding carboxylic acids is 8. The third-order valence-corrected chi connectivity index (χ3v) is 12.9. The van der Waals surface area contributed by atoms with Crippen LogP contribution in [0.1, 0.15) is 116 Å². The number of hydrogen-bond donors (Lipinski definition) is 10. The number of phenols is 4. The number of β-lactam (4-membered cyclic amide) rings is 1. The van der Waals surface area contributed by atoms with Crippen LogP contribution in [0.15, 0.2) is 77.5 Å². The zero-order valence-electron chi connectivity index (χ0n) is 40.6. The highest BCUT2D eigenvalue weighted by atomic mass is 35.5. The number of carboxylic acid groups (broad SMARTS) is 1. The molecule has 2 aliphatic rings. The van der Waals surface area contributed by atoms with Crippen LogP contribution in [0.4, 0.5) is 0 Å². The summed E-state index contributed by atoms with van der Waals surface area (Å²) < 4.78 is 0. The van der Waals surface area contributed by atoms with E-state index in [0.717, 1.165) is 4.90 Å². The Morgan fingerprint density at radius 2 is 1.23 bits per heavy atom. The zero-order valence-corrected chi connectivity index (χ0v) is 41.4. The molecule has 1 fully saturated rings. The molecular weight excluding hydrogens is 986 g/mol. The second-order valence-corrected chi connectivity index (χ2v) is 18.2. The molecule has 0 bridgehead atoms. The summed E-state index contributed by atoms with van der Waals surface area (Å²) in [6.45, 7) is 0.965. The molecule has 23 heteroatoms. The number of nitrogens with zero attached hydrogens (tertiary/aromatic N) is 3. The van der Waals surface area contributed by atoms with Crippen molar-refractivity contribution in [3.63, 3.8) is 0 Å². The van der Waals surface area contributed by atoms with Crippen LogP contribution in [0.5, 0.6) is 23.0 Å². The molecule has 5 rings (SSSR count). The van der Waals surface area contributed by atoms with Crippen LogP contribution < -0.4 is 21.3 Å². The van der Waals surface area contributed by atoms with Crippen molar-refractivity contribution in [3.05, 3.63) is 94.1 Å². The molecule has 398 valence electrons. The third kappa shape index (κ3) is 15.9. The molecule has 0 saturated carbocycles. The summed E-state index contributed by atoms with van der Waals surface area (Å²) in [6.07, 6.45) is 1.94. The number of halogens is 1. The molecule has 3 aromatic carbocycles. The number of aliphatic carboxylic acids is 1. The standard InChI is InChI=1S/C51H62ClN7O15/c52-36-19-20-37-43(50(71)59(37)44(36)51(72)73)56-49(70)35(31-12-3-1-4-13-31)30-32(60)18-22-42(65)58(74)29-7-2-5-24-53-40(63)21-23-41(64)57(28-11-26-55-48(69)34-15-10-17-39(62)46(34)67)27-8-6-25-54-47(68)33-14-9-16-38(61)45(33)66/h1,3-4,9-10,12-17,35,37,43,61-62,66-67,74H,2,5-8,11,18-30H2,(H,53,63)(H,54,68)(H,55,69)(H,56,70)(H,72,73)/t35-,37-,43+/m1/s1. The minimum atomic E-state index is -1.35. The van der Waals surface area contributed by atoms with Crippen molar-refractivity contribution >= 4 is 64.7 Å². The van der Waals surface area contributed by atoms with Gasteiger partial charge in [0.15, 0.2) is 23.0 Å². The van der Waals surface area contributed by atoms with Crippen molar-refractivity contribution in [1.82, 2.24) is 36.1 Å². The number of rotatable bonds is 29. The van der Waals surface area contributed by atoms with Gasteiger partial charge in [0.05, 0.1) is 23.1 Å². The van der Waals surface area contributed by atoms with E-state index in [2.05, 4.69) is 21.3 Å². The van der Waals surface area contributed by atoms with E-state index < -0.39 is 82.3 Å². The Hall–Kier alpha value is -7.72. The lowest BCUT2D eigenvalue weighted by Crippen LogP contribution is -2.71. The molecule has 3 aromatic rings. The van der Waals surface area contributed by atoms with Crippen LogP contribution in [-0.2, 0) is 33.6 Å². The van der Waals surface area contributed by atoms with E-state index >= 15 is 0 Å². The first-order chi connectivity index (χ1) is 35.4. The Kier molecular flexibility index (Phi) is 21.6.